The lowest BCUT2D eigenvalue weighted by atomic mass is 10.1. The second kappa shape index (κ2) is 7.46. The average molecular weight is 290 g/mol. The van der Waals surface area contributed by atoms with E-state index in [1.54, 1.807) is 0 Å². The highest BCUT2D eigenvalue weighted by atomic mass is 16.5. The highest BCUT2D eigenvalue weighted by molar-refractivity contribution is 5.76. The van der Waals surface area contributed by atoms with E-state index < -0.39 is 0 Å². The van der Waals surface area contributed by atoms with Crippen LogP contribution in [0.25, 0.3) is 0 Å². The molecule has 2 atom stereocenters. The van der Waals surface area contributed by atoms with Gasteiger partial charge in [0.05, 0.1) is 6.61 Å². The van der Waals surface area contributed by atoms with E-state index in [1.807, 2.05) is 36.1 Å². The number of nitrogens with zero attached hydrogens (tertiary/aromatic N) is 1. The number of ether oxygens (including phenoxy) is 1. The molecule has 0 saturated carbocycles. The molecule has 4 heteroatoms. The van der Waals surface area contributed by atoms with Gasteiger partial charge in [-0.15, -0.1) is 0 Å². The summed E-state index contributed by atoms with van der Waals surface area (Å²) < 4.78 is 5.61. The Morgan fingerprint density at radius 3 is 2.62 bits per heavy atom. The molecule has 0 aromatic heterocycles. The number of nitrogens with one attached hydrogen (secondary N) is 1. The molecule has 0 spiro atoms. The fraction of sp³-hybridized carbons (Fsp3) is 0.588. The largest absolute Gasteiger partial charge is 0.494 e. The summed E-state index contributed by atoms with van der Waals surface area (Å²) in [7, 11) is 0. The molecule has 1 aromatic carbocycles. The van der Waals surface area contributed by atoms with Crippen molar-refractivity contribution in [3.05, 3.63) is 29.8 Å². The van der Waals surface area contributed by atoms with Crippen LogP contribution >= 0.6 is 0 Å². The number of carbonyl (C=O) groups excluding carboxylic acids is 1. The Morgan fingerprint density at radius 1 is 1.29 bits per heavy atom. The van der Waals surface area contributed by atoms with Crippen molar-refractivity contribution in [2.24, 2.45) is 0 Å². The number of hydrogen-bond donors (Lipinski definition) is 1. The molecule has 1 heterocycles. The molecule has 2 rings (SSSR count). The van der Waals surface area contributed by atoms with Crippen molar-refractivity contribution < 1.29 is 9.53 Å². The minimum Gasteiger partial charge on any atom is -0.494 e. The number of rotatable bonds is 5. The van der Waals surface area contributed by atoms with E-state index >= 15 is 0 Å². The van der Waals surface area contributed by atoms with Crippen molar-refractivity contribution in [2.75, 3.05) is 19.7 Å². The Morgan fingerprint density at radius 2 is 1.95 bits per heavy atom. The summed E-state index contributed by atoms with van der Waals surface area (Å²) >= 11 is 0. The molecule has 1 aliphatic heterocycles. The number of piperazine rings is 1. The topological polar surface area (TPSA) is 41.6 Å². The fourth-order valence-corrected chi connectivity index (χ4v) is 2.94. The van der Waals surface area contributed by atoms with E-state index in [4.69, 9.17) is 4.74 Å². The lowest BCUT2D eigenvalue weighted by Gasteiger charge is -2.36. The molecule has 0 bridgehead atoms. The van der Waals surface area contributed by atoms with Crippen LogP contribution in [0.5, 0.6) is 5.75 Å². The SMILES string of the molecule is CCOc1ccccc1CCC(=O)N1C[C@H](C)N[C@@H](C)C1. The highest BCUT2D eigenvalue weighted by Gasteiger charge is 2.24. The minimum absolute atomic E-state index is 0.238. The zero-order chi connectivity index (χ0) is 15.2. The van der Waals surface area contributed by atoms with Gasteiger partial charge in [0.1, 0.15) is 5.75 Å². The van der Waals surface area contributed by atoms with Crippen LogP contribution in [0.1, 0.15) is 32.8 Å². The molecule has 0 radical (unpaired) electrons. The maximum atomic E-state index is 12.4. The lowest BCUT2D eigenvalue weighted by molar-refractivity contribution is -0.132. The Kier molecular flexibility index (Phi) is 5.62. The van der Waals surface area contributed by atoms with Gasteiger partial charge >= 0.3 is 0 Å². The van der Waals surface area contributed by atoms with Crippen molar-refractivity contribution >= 4 is 5.91 Å². The van der Waals surface area contributed by atoms with Gasteiger partial charge in [0.15, 0.2) is 0 Å². The molecule has 1 saturated heterocycles. The van der Waals surface area contributed by atoms with Crippen LogP contribution in [0.15, 0.2) is 24.3 Å². The first kappa shape index (κ1) is 15.8. The Hall–Kier alpha value is -1.55. The van der Waals surface area contributed by atoms with Crippen LogP contribution in [-0.2, 0) is 11.2 Å². The number of amides is 1. The zero-order valence-corrected chi connectivity index (χ0v) is 13.3. The van der Waals surface area contributed by atoms with E-state index in [-0.39, 0.29) is 5.91 Å². The number of benzene rings is 1. The second-order valence-corrected chi connectivity index (χ2v) is 5.81. The van der Waals surface area contributed by atoms with Crippen LogP contribution in [0.2, 0.25) is 0 Å². The van der Waals surface area contributed by atoms with Gasteiger partial charge in [-0.3, -0.25) is 4.79 Å². The van der Waals surface area contributed by atoms with Gasteiger partial charge in [-0.05, 0) is 38.8 Å². The Bertz CT molecular complexity index is 466. The lowest BCUT2D eigenvalue weighted by Crippen LogP contribution is -2.55. The zero-order valence-electron chi connectivity index (χ0n) is 13.3. The summed E-state index contributed by atoms with van der Waals surface area (Å²) in [5, 5.41) is 3.45. The van der Waals surface area contributed by atoms with E-state index in [1.165, 1.54) is 0 Å². The van der Waals surface area contributed by atoms with Crippen molar-refractivity contribution in [1.82, 2.24) is 10.2 Å². The van der Waals surface area contributed by atoms with Crippen LogP contribution in [0, 0.1) is 0 Å². The average Bonchev–Trinajstić information content (AvgIpc) is 2.45. The molecule has 1 amide bonds. The van der Waals surface area contributed by atoms with Crippen molar-refractivity contribution in [3.8, 4) is 5.75 Å². The molecule has 0 aliphatic carbocycles. The third kappa shape index (κ3) is 4.46. The third-order valence-electron chi connectivity index (χ3n) is 3.79. The van der Waals surface area contributed by atoms with Gasteiger partial charge in [0, 0.05) is 31.6 Å². The molecule has 4 nitrogen and oxygen atoms in total. The van der Waals surface area contributed by atoms with Crippen LogP contribution in [-0.4, -0.2) is 42.6 Å². The summed E-state index contributed by atoms with van der Waals surface area (Å²) in [5.41, 5.74) is 1.11. The maximum Gasteiger partial charge on any atom is 0.223 e. The number of aryl methyl sites for hydroxylation is 1. The molecule has 0 unspecified atom stereocenters. The molecule has 21 heavy (non-hydrogen) atoms. The van der Waals surface area contributed by atoms with Crippen molar-refractivity contribution in [3.63, 3.8) is 0 Å². The van der Waals surface area contributed by atoms with E-state index in [0.29, 0.717) is 25.1 Å². The second-order valence-electron chi connectivity index (χ2n) is 5.81. The summed E-state index contributed by atoms with van der Waals surface area (Å²) in [6.45, 7) is 8.48. The van der Waals surface area contributed by atoms with Crippen LogP contribution < -0.4 is 10.1 Å². The van der Waals surface area contributed by atoms with Gasteiger partial charge in [0.2, 0.25) is 5.91 Å². The first-order chi connectivity index (χ1) is 10.1. The smallest absolute Gasteiger partial charge is 0.223 e. The van der Waals surface area contributed by atoms with Gasteiger partial charge in [-0.2, -0.15) is 0 Å². The van der Waals surface area contributed by atoms with Gasteiger partial charge in [-0.25, -0.2) is 0 Å². The normalized spacial score (nSPS) is 22.1. The molecule has 1 N–H and O–H groups in total. The fourth-order valence-electron chi connectivity index (χ4n) is 2.94. The monoisotopic (exact) mass is 290 g/mol. The maximum absolute atomic E-state index is 12.4. The molecular formula is C17H26N2O2. The molecule has 116 valence electrons. The minimum atomic E-state index is 0.238. The van der Waals surface area contributed by atoms with E-state index in [0.717, 1.165) is 30.8 Å². The quantitative estimate of drug-likeness (QED) is 0.904. The summed E-state index contributed by atoms with van der Waals surface area (Å²) in [6, 6.07) is 8.72. The molecule has 1 aliphatic rings. The first-order valence-electron chi connectivity index (χ1n) is 7.84. The van der Waals surface area contributed by atoms with Gasteiger partial charge in [0.25, 0.3) is 0 Å². The Balaban J connectivity index is 1.92. The summed E-state index contributed by atoms with van der Waals surface area (Å²) in [4.78, 5) is 14.4. The molecule has 1 aromatic rings. The first-order valence-corrected chi connectivity index (χ1v) is 7.84. The number of para-hydroxylation sites is 1. The number of carbonyl (C=O) groups is 1. The van der Waals surface area contributed by atoms with Gasteiger partial charge < -0.3 is 15.0 Å². The molecule has 1 fully saturated rings. The van der Waals surface area contributed by atoms with Crippen LogP contribution in [0.4, 0.5) is 0 Å². The highest BCUT2D eigenvalue weighted by Crippen LogP contribution is 2.20. The third-order valence-corrected chi connectivity index (χ3v) is 3.79. The standard InChI is InChI=1S/C17H26N2O2/c1-4-21-16-8-6-5-7-15(16)9-10-17(20)19-11-13(2)18-14(3)12-19/h5-8,13-14,18H,4,9-12H2,1-3H3/t13-,14-/m0/s1. The van der Waals surface area contributed by atoms with Gasteiger partial charge in [-0.1, -0.05) is 18.2 Å². The van der Waals surface area contributed by atoms with Crippen LogP contribution in [0.3, 0.4) is 0 Å². The predicted molar refractivity (Wildman–Crippen MR) is 84.6 cm³/mol. The van der Waals surface area contributed by atoms with Crippen molar-refractivity contribution in [2.45, 2.75) is 45.7 Å². The van der Waals surface area contributed by atoms with E-state index in [2.05, 4.69) is 19.2 Å². The summed E-state index contributed by atoms with van der Waals surface area (Å²) in [6.07, 6.45) is 1.28. The van der Waals surface area contributed by atoms with E-state index in [9.17, 15) is 4.79 Å². The van der Waals surface area contributed by atoms with Crippen molar-refractivity contribution in [1.29, 1.82) is 0 Å². The predicted octanol–water partition coefficient (Wildman–Crippen LogP) is 2.23. The Labute approximate surface area is 127 Å². The summed E-state index contributed by atoms with van der Waals surface area (Å²) in [5.74, 6) is 1.14. The molecular weight excluding hydrogens is 264 g/mol. The number of hydrogen-bond acceptors (Lipinski definition) is 3.